The van der Waals surface area contributed by atoms with E-state index < -0.39 is 0 Å². The zero-order valence-corrected chi connectivity index (χ0v) is 13.3. The van der Waals surface area contributed by atoms with Crippen LogP contribution in [-0.2, 0) is 6.42 Å². The monoisotopic (exact) mass is 285 g/mol. The summed E-state index contributed by atoms with van der Waals surface area (Å²) in [6.07, 6.45) is 4.87. The molecule has 0 spiro atoms. The zero-order chi connectivity index (χ0) is 14.7. The molecule has 1 aromatic carbocycles. The van der Waals surface area contributed by atoms with E-state index >= 15 is 0 Å². The van der Waals surface area contributed by atoms with Crippen LogP contribution < -0.4 is 0 Å². The van der Waals surface area contributed by atoms with Crippen LogP contribution >= 0.6 is 0 Å². The Morgan fingerprint density at radius 2 is 1.90 bits per heavy atom. The lowest BCUT2D eigenvalue weighted by atomic mass is 10.0. The zero-order valence-electron chi connectivity index (χ0n) is 13.3. The van der Waals surface area contributed by atoms with Gasteiger partial charge >= 0.3 is 0 Å². The van der Waals surface area contributed by atoms with Gasteiger partial charge in [0.1, 0.15) is 0 Å². The second-order valence-corrected chi connectivity index (χ2v) is 6.27. The number of fused-ring (bicyclic) bond motifs is 1. The fourth-order valence-corrected chi connectivity index (χ4v) is 3.68. The number of hydrogen-bond donors (Lipinski definition) is 0. The second-order valence-electron chi connectivity index (χ2n) is 6.27. The fraction of sp³-hybridized carbons (Fsp3) is 0.611. The molecule has 3 heteroatoms. The van der Waals surface area contributed by atoms with E-state index in [1.54, 1.807) is 0 Å². The van der Waals surface area contributed by atoms with Gasteiger partial charge in [-0.05, 0) is 24.8 Å². The Hall–Kier alpha value is -1.51. The number of rotatable bonds is 6. The van der Waals surface area contributed by atoms with Crippen molar-refractivity contribution < 1.29 is 0 Å². The molecule has 2 heterocycles. The molecule has 3 rings (SSSR count). The van der Waals surface area contributed by atoms with Crippen molar-refractivity contribution in [2.24, 2.45) is 4.99 Å². The molecule has 114 valence electrons. The van der Waals surface area contributed by atoms with E-state index in [4.69, 9.17) is 4.99 Å². The van der Waals surface area contributed by atoms with Crippen molar-refractivity contribution in [2.45, 2.75) is 51.6 Å². The predicted octanol–water partition coefficient (Wildman–Crippen LogP) is 3.16. The molecule has 2 aliphatic rings. The van der Waals surface area contributed by atoms with Gasteiger partial charge in [0.05, 0.1) is 12.6 Å². The van der Waals surface area contributed by atoms with Gasteiger partial charge in [0.15, 0.2) is 5.96 Å². The SMILES string of the molecule is CCC[C@@H]1CN2C(=NC[C@@H]2Cc2ccccc2)N1CCC. The van der Waals surface area contributed by atoms with Crippen molar-refractivity contribution in [3.05, 3.63) is 35.9 Å². The first-order valence-electron chi connectivity index (χ1n) is 8.45. The molecule has 1 saturated heterocycles. The van der Waals surface area contributed by atoms with E-state index in [2.05, 4.69) is 54.0 Å². The van der Waals surface area contributed by atoms with Gasteiger partial charge in [0.25, 0.3) is 0 Å². The van der Waals surface area contributed by atoms with Crippen LogP contribution in [0.1, 0.15) is 38.7 Å². The Balaban J connectivity index is 1.70. The molecule has 2 atom stereocenters. The maximum atomic E-state index is 4.88. The third-order valence-electron chi connectivity index (χ3n) is 4.65. The predicted molar refractivity (Wildman–Crippen MR) is 88.6 cm³/mol. The van der Waals surface area contributed by atoms with Crippen molar-refractivity contribution in [1.29, 1.82) is 0 Å². The molecule has 1 fully saturated rings. The smallest absolute Gasteiger partial charge is 0.197 e. The van der Waals surface area contributed by atoms with E-state index in [1.165, 1.54) is 37.3 Å². The van der Waals surface area contributed by atoms with Crippen molar-refractivity contribution in [1.82, 2.24) is 9.80 Å². The lowest BCUT2D eigenvalue weighted by Gasteiger charge is -2.24. The van der Waals surface area contributed by atoms with Crippen molar-refractivity contribution in [3.8, 4) is 0 Å². The quantitative estimate of drug-likeness (QED) is 0.799. The summed E-state index contributed by atoms with van der Waals surface area (Å²) in [5, 5.41) is 0. The summed E-state index contributed by atoms with van der Waals surface area (Å²) in [7, 11) is 0. The first-order chi connectivity index (χ1) is 10.3. The van der Waals surface area contributed by atoms with Gasteiger partial charge in [-0.3, -0.25) is 4.99 Å². The average Bonchev–Trinajstić information content (AvgIpc) is 3.03. The number of guanidine groups is 1. The van der Waals surface area contributed by atoms with Gasteiger partial charge < -0.3 is 9.80 Å². The molecule has 0 unspecified atom stereocenters. The van der Waals surface area contributed by atoms with Crippen molar-refractivity contribution in [3.63, 3.8) is 0 Å². The van der Waals surface area contributed by atoms with Crippen LogP contribution in [-0.4, -0.2) is 47.5 Å². The molecule has 1 aromatic rings. The molecule has 0 N–H and O–H groups in total. The standard InChI is InChI=1S/C18H27N3/c1-3-8-16-14-21-17(12-15-9-6-5-7-10-15)13-19-18(21)20(16)11-4-2/h5-7,9-10,16-17H,3-4,8,11-14H2,1-2H3/t16-,17+/m1/s1. The number of hydrogen-bond acceptors (Lipinski definition) is 3. The Morgan fingerprint density at radius 3 is 2.62 bits per heavy atom. The highest BCUT2D eigenvalue weighted by molar-refractivity contribution is 5.84. The summed E-state index contributed by atoms with van der Waals surface area (Å²) in [5.74, 6) is 1.27. The maximum absolute atomic E-state index is 4.88. The van der Waals surface area contributed by atoms with E-state index in [9.17, 15) is 0 Å². The van der Waals surface area contributed by atoms with Crippen LogP contribution in [0, 0.1) is 0 Å². The van der Waals surface area contributed by atoms with Gasteiger partial charge in [-0.15, -0.1) is 0 Å². The van der Waals surface area contributed by atoms with Crippen LogP contribution in [0.3, 0.4) is 0 Å². The highest BCUT2D eigenvalue weighted by atomic mass is 15.5. The van der Waals surface area contributed by atoms with Crippen LogP contribution in [0.4, 0.5) is 0 Å². The molecule has 3 nitrogen and oxygen atoms in total. The number of aliphatic imine (C=N–C) groups is 1. The van der Waals surface area contributed by atoms with Gasteiger partial charge in [0, 0.05) is 19.1 Å². The third-order valence-corrected chi connectivity index (χ3v) is 4.65. The highest BCUT2D eigenvalue weighted by Crippen LogP contribution is 2.27. The molecule has 21 heavy (non-hydrogen) atoms. The van der Waals surface area contributed by atoms with Crippen LogP contribution in [0.15, 0.2) is 35.3 Å². The molecule has 0 radical (unpaired) electrons. The molecule has 2 aliphatic heterocycles. The molecule has 0 aliphatic carbocycles. The Kier molecular flexibility index (Phi) is 4.47. The summed E-state index contributed by atoms with van der Waals surface area (Å²) < 4.78 is 0. The summed E-state index contributed by atoms with van der Waals surface area (Å²) in [6, 6.07) is 12.1. The molecular formula is C18H27N3. The molecule has 0 bridgehead atoms. The fourth-order valence-electron chi connectivity index (χ4n) is 3.68. The molecule has 0 saturated carbocycles. The Bertz CT molecular complexity index is 482. The van der Waals surface area contributed by atoms with E-state index in [0.717, 1.165) is 19.5 Å². The van der Waals surface area contributed by atoms with Gasteiger partial charge in [-0.1, -0.05) is 50.6 Å². The van der Waals surface area contributed by atoms with Crippen LogP contribution in [0.25, 0.3) is 0 Å². The number of nitrogens with zero attached hydrogens (tertiary/aromatic N) is 3. The first kappa shape index (κ1) is 14.4. The minimum Gasteiger partial charge on any atom is -0.338 e. The molecule has 0 aromatic heterocycles. The van der Waals surface area contributed by atoms with Crippen LogP contribution in [0.2, 0.25) is 0 Å². The number of benzene rings is 1. The summed E-state index contributed by atoms with van der Waals surface area (Å²) in [5.41, 5.74) is 1.43. The lowest BCUT2D eigenvalue weighted by molar-refractivity contribution is 0.301. The Labute approximate surface area is 128 Å². The van der Waals surface area contributed by atoms with E-state index in [0.29, 0.717) is 12.1 Å². The summed E-state index contributed by atoms with van der Waals surface area (Å²) in [4.78, 5) is 10.0. The van der Waals surface area contributed by atoms with E-state index in [-0.39, 0.29) is 0 Å². The average molecular weight is 285 g/mol. The second kappa shape index (κ2) is 6.50. The van der Waals surface area contributed by atoms with Gasteiger partial charge in [0.2, 0.25) is 0 Å². The maximum Gasteiger partial charge on any atom is 0.197 e. The van der Waals surface area contributed by atoms with Gasteiger partial charge in [-0.25, -0.2) is 0 Å². The van der Waals surface area contributed by atoms with Gasteiger partial charge in [-0.2, -0.15) is 0 Å². The van der Waals surface area contributed by atoms with Crippen molar-refractivity contribution in [2.75, 3.05) is 19.6 Å². The highest BCUT2D eigenvalue weighted by Gasteiger charge is 2.40. The van der Waals surface area contributed by atoms with E-state index in [1.807, 2.05) is 0 Å². The van der Waals surface area contributed by atoms with Crippen LogP contribution in [0.5, 0.6) is 0 Å². The summed E-state index contributed by atoms with van der Waals surface area (Å²) in [6.45, 7) is 7.84. The van der Waals surface area contributed by atoms with Crippen molar-refractivity contribution >= 4 is 5.96 Å². The topological polar surface area (TPSA) is 18.8 Å². The summed E-state index contributed by atoms with van der Waals surface area (Å²) >= 11 is 0. The third kappa shape index (κ3) is 2.92. The Morgan fingerprint density at radius 1 is 1.10 bits per heavy atom. The first-order valence-corrected chi connectivity index (χ1v) is 8.45. The minimum atomic E-state index is 0.559. The largest absolute Gasteiger partial charge is 0.338 e. The molecule has 0 amide bonds. The normalized spacial score (nSPS) is 24.4. The minimum absolute atomic E-state index is 0.559. The lowest BCUT2D eigenvalue weighted by Crippen LogP contribution is -2.37. The molecular weight excluding hydrogens is 258 g/mol.